The number of rotatable bonds is 4. The Labute approximate surface area is 130 Å². The number of benzene rings is 1. The fraction of sp³-hybridized carbons (Fsp3) is 0.267. The molecule has 0 unspecified atom stereocenters. The van der Waals surface area contributed by atoms with Gasteiger partial charge >= 0.3 is 5.69 Å². The molecule has 0 aliphatic rings. The molecule has 6 nitrogen and oxygen atoms in total. The third kappa shape index (κ3) is 2.79. The van der Waals surface area contributed by atoms with Crippen LogP contribution in [0.25, 0.3) is 5.69 Å². The zero-order chi connectivity index (χ0) is 16.6. The van der Waals surface area contributed by atoms with E-state index in [4.69, 9.17) is 0 Å². The van der Waals surface area contributed by atoms with Crippen molar-refractivity contribution in [2.24, 2.45) is 0 Å². The largest absolute Gasteiger partial charge is 0.348 e. The first-order valence-corrected chi connectivity index (χ1v) is 7.09. The molecule has 120 valence electrons. The maximum Gasteiger partial charge on any atom is 0.348 e. The van der Waals surface area contributed by atoms with E-state index in [2.05, 4.69) is 20.4 Å². The molecule has 0 radical (unpaired) electrons. The summed E-state index contributed by atoms with van der Waals surface area (Å²) < 4.78 is 28.4. The van der Waals surface area contributed by atoms with Crippen LogP contribution in [0, 0.1) is 25.5 Å². The van der Waals surface area contributed by atoms with Crippen LogP contribution in [0.1, 0.15) is 22.8 Å². The third-order valence-corrected chi connectivity index (χ3v) is 3.77. The summed E-state index contributed by atoms with van der Waals surface area (Å²) in [6.07, 6.45) is 0.964. The lowest BCUT2D eigenvalue weighted by Crippen LogP contribution is -2.18. The first-order chi connectivity index (χ1) is 11.0. The second-order valence-electron chi connectivity index (χ2n) is 5.29. The van der Waals surface area contributed by atoms with Crippen molar-refractivity contribution in [3.63, 3.8) is 0 Å². The van der Waals surface area contributed by atoms with Gasteiger partial charge in [-0.1, -0.05) is 0 Å². The Morgan fingerprint density at radius 3 is 2.61 bits per heavy atom. The van der Waals surface area contributed by atoms with E-state index >= 15 is 0 Å². The first kappa shape index (κ1) is 15.1. The van der Waals surface area contributed by atoms with Gasteiger partial charge in [-0.25, -0.2) is 23.2 Å². The number of hydrogen-bond acceptors (Lipinski definition) is 3. The molecule has 3 aromatic rings. The fourth-order valence-corrected chi connectivity index (χ4v) is 2.58. The fourth-order valence-electron chi connectivity index (χ4n) is 2.58. The van der Waals surface area contributed by atoms with E-state index in [-0.39, 0.29) is 5.69 Å². The van der Waals surface area contributed by atoms with Crippen LogP contribution in [0.15, 0.2) is 23.0 Å². The molecule has 0 bridgehead atoms. The van der Waals surface area contributed by atoms with Gasteiger partial charge in [0.05, 0.1) is 11.4 Å². The average Bonchev–Trinajstić information content (AvgIpc) is 3.03. The zero-order valence-electron chi connectivity index (χ0n) is 12.7. The summed E-state index contributed by atoms with van der Waals surface area (Å²) in [5.41, 5.74) is 2.06. The molecule has 23 heavy (non-hydrogen) atoms. The highest BCUT2D eigenvalue weighted by atomic mass is 19.1. The minimum atomic E-state index is -0.688. The van der Waals surface area contributed by atoms with Crippen LogP contribution in [0.2, 0.25) is 0 Å². The predicted molar refractivity (Wildman–Crippen MR) is 79.6 cm³/mol. The highest BCUT2D eigenvalue weighted by Gasteiger charge is 2.16. The molecule has 0 spiro atoms. The summed E-state index contributed by atoms with van der Waals surface area (Å²) in [4.78, 5) is 11.9. The van der Waals surface area contributed by atoms with E-state index in [9.17, 15) is 13.6 Å². The van der Waals surface area contributed by atoms with E-state index in [1.54, 1.807) is 0 Å². The standard InChI is InChI=1S/C15H15F2N5O/c1-8-11(9(2)19-18-8)4-6-14-20-21-15(23)22(14)13-7-10(16)3-5-12(13)17/h3,5,7H,4,6H2,1-2H3,(H,18,19)(H,21,23). The van der Waals surface area contributed by atoms with Crippen molar-refractivity contribution in [3.8, 4) is 5.69 Å². The molecular formula is C15H15F2N5O. The number of nitrogens with zero attached hydrogens (tertiary/aromatic N) is 3. The van der Waals surface area contributed by atoms with Crippen LogP contribution in [0.3, 0.4) is 0 Å². The zero-order valence-corrected chi connectivity index (χ0v) is 12.7. The lowest BCUT2D eigenvalue weighted by atomic mass is 10.1. The van der Waals surface area contributed by atoms with E-state index in [0.29, 0.717) is 18.7 Å². The first-order valence-electron chi connectivity index (χ1n) is 7.09. The van der Waals surface area contributed by atoms with Gasteiger partial charge < -0.3 is 0 Å². The molecular weight excluding hydrogens is 304 g/mol. The Morgan fingerprint density at radius 2 is 1.91 bits per heavy atom. The molecule has 0 atom stereocenters. The Kier molecular flexibility index (Phi) is 3.81. The number of hydrogen-bond donors (Lipinski definition) is 2. The van der Waals surface area contributed by atoms with E-state index < -0.39 is 17.3 Å². The van der Waals surface area contributed by atoms with Gasteiger partial charge in [-0.2, -0.15) is 10.2 Å². The Morgan fingerprint density at radius 1 is 1.13 bits per heavy atom. The summed E-state index contributed by atoms with van der Waals surface area (Å²) in [7, 11) is 0. The van der Waals surface area contributed by atoms with Gasteiger partial charge in [0.1, 0.15) is 17.5 Å². The number of aromatic nitrogens is 5. The van der Waals surface area contributed by atoms with Gasteiger partial charge in [0.15, 0.2) is 0 Å². The average molecular weight is 319 g/mol. The van der Waals surface area contributed by atoms with Gasteiger partial charge in [-0.3, -0.25) is 5.10 Å². The lowest BCUT2D eigenvalue weighted by Gasteiger charge is -2.07. The van der Waals surface area contributed by atoms with Crippen LogP contribution in [-0.4, -0.2) is 25.0 Å². The van der Waals surface area contributed by atoms with Gasteiger partial charge in [-0.05, 0) is 38.0 Å². The second kappa shape index (κ2) is 5.79. The highest BCUT2D eigenvalue weighted by Crippen LogP contribution is 2.17. The molecule has 0 aliphatic carbocycles. The van der Waals surface area contributed by atoms with E-state index in [1.165, 1.54) is 0 Å². The molecule has 3 rings (SSSR count). The van der Waals surface area contributed by atoms with Crippen LogP contribution in [-0.2, 0) is 12.8 Å². The summed E-state index contributed by atoms with van der Waals surface area (Å²) in [6.45, 7) is 3.78. The van der Waals surface area contributed by atoms with Crippen LogP contribution in [0.4, 0.5) is 8.78 Å². The number of aromatic amines is 2. The number of aryl methyl sites for hydroxylation is 3. The molecule has 2 aromatic heterocycles. The summed E-state index contributed by atoms with van der Waals surface area (Å²) in [5.74, 6) is -0.978. The van der Waals surface area contributed by atoms with Crippen molar-refractivity contribution in [3.05, 3.63) is 63.1 Å². The minimum Gasteiger partial charge on any atom is -0.282 e. The van der Waals surface area contributed by atoms with Crippen molar-refractivity contribution < 1.29 is 8.78 Å². The Balaban J connectivity index is 1.96. The summed E-state index contributed by atoms with van der Waals surface area (Å²) in [6, 6.07) is 2.96. The number of H-pyrrole nitrogens is 2. The Bertz CT molecular complexity index is 889. The topological polar surface area (TPSA) is 79.4 Å². The maximum absolute atomic E-state index is 14.0. The number of halogens is 2. The monoisotopic (exact) mass is 319 g/mol. The van der Waals surface area contributed by atoms with Crippen LogP contribution < -0.4 is 5.69 Å². The molecule has 0 aliphatic heterocycles. The van der Waals surface area contributed by atoms with Crippen molar-refractivity contribution in [2.45, 2.75) is 26.7 Å². The van der Waals surface area contributed by atoms with Crippen molar-refractivity contribution in [2.75, 3.05) is 0 Å². The molecule has 1 aromatic carbocycles. The number of nitrogens with one attached hydrogen (secondary N) is 2. The van der Waals surface area contributed by atoms with Crippen molar-refractivity contribution in [1.82, 2.24) is 25.0 Å². The quantitative estimate of drug-likeness (QED) is 0.771. The summed E-state index contributed by atoms with van der Waals surface area (Å²) >= 11 is 0. The third-order valence-electron chi connectivity index (χ3n) is 3.77. The maximum atomic E-state index is 14.0. The second-order valence-corrected chi connectivity index (χ2v) is 5.29. The minimum absolute atomic E-state index is 0.153. The smallest absolute Gasteiger partial charge is 0.282 e. The van der Waals surface area contributed by atoms with Gasteiger partial charge in [0.2, 0.25) is 0 Å². The molecule has 8 heteroatoms. The van der Waals surface area contributed by atoms with Crippen molar-refractivity contribution in [1.29, 1.82) is 0 Å². The van der Waals surface area contributed by atoms with Gasteiger partial charge in [0, 0.05) is 18.2 Å². The Hall–Kier alpha value is -2.77. The molecule has 0 saturated carbocycles. The molecule has 2 heterocycles. The molecule has 2 N–H and O–H groups in total. The molecule has 0 amide bonds. The normalized spacial score (nSPS) is 11.1. The summed E-state index contributed by atoms with van der Waals surface area (Å²) in [5, 5.41) is 13.2. The lowest BCUT2D eigenvalue weighted by molar-refractivity contribution is 0.588. The molecule has 0 fully saturated rings. The van der Waals surface area contributed by atoms with Crippen LogP contribution >= 0.6 is 0 Å². The van der Waals surface area contributed by atoms with Crippen LogP contribution in [0.5, 0.6) is 0 Å². The van der Waals surface area contributed by atoms with E-state index in [0.717, 1.165) is 39.7 Å². The highest BCUT2D eigenvalue weighted by molar-refractivity contribution is 5.35. The molecule has 0 saturated heterocycles. The van der Waals surface area contributed by atoms with Gasteiger partial charge in [-0.15, -0.1) is 0 Å². The van der Waals surface area contributed by atoms with E-state index in [1.807, 2.05) is 13.8 Å². The van der Waals surface area contributed by atoms with Crippen molar-refractivity contribution >= 4 is 0 Å². The van der Waals surface area contributed by atoms with Gasteiger partial charge in [0.25, 0.3) is 0 Å². The SMILES string of the molecule is Cc1n[nH]c(C)c1CCc1n[nH]c(=O)n1-c1cc(F)ccc1F. The predicted octanol–water partition coefficient (Wildman–Crippen LogP) is 1.96.